The quantitative estimate of drug-likeness (QED) is 0.587. The third kappa shape index (κ3) is 2.90. The van der Waals surface area contributed by atoms with E-state index >= 15 is 0 Å². The third-order valence-electron chi connectivity index (χ3n) is 3.76. The minimum atomic E-state index is -0.549. The summed E-state index contributed by atoms with van der Waals surface area (Å²) in [5.74, 6) is 0. The Kier molecular flexibility index (Phi) is 4.28. The van der Waals surface area contributed by atoms with Gasteiger partial charge in [-0.1, -0.05) is 24.3 Å². The second-order valence-corrected chi connectivity index (χ2v) is 5.13. The van der Waals surface area contributed by atoms with Gasteiger partial charge in [-0.15, -0.1) is 0 Å². The van der Waals surface area contributed by atoms with Gasteiger partial charge < -0.3 is 9.30 Å². The minimum Gasteiger partial charge on any atom is -0.449 e. The molecule has 0 bridgehead atoms. The van der Waals surface area contributed by atoms with Gasteiger partial charge >= 0.3 is 6.09 Å². The monoisotopic (exact) mass is 309 g/mol. The second kappa shape index (κ2) is 6.52. The van der Waals surface area contributed by atoms with Crippen molar-refractivity contribution >= 4 is 34.1 Å². The Bertz CT molecular complexity index is 880. The first kappa shape index (κ1) is 15.1. The van der Waals surface area contributed by atoms with Crippen LogP contribution < -0.4 is 5.43 Å². The van der Waals surface area contributed by atoms with Gasteiger partial charge in [-0.25, -0.2) is 10.2 Å². The molecule has 2 aromatic carbocycles. The van der Waals surface area contributed by atoms with Gasteiger partial charge in [0.2, 0.25) is 0 Å². The first-order valence-corrected chi connectivity index (χ1v) is 7.71. The van der Waals surface area contributed by atoms with Crippen LogP contribution in [-0.2, 0) is 11.3 Å². The molecular formula is C18H19N3O2. The average molecular weight is 309 g/mol. The van der Waals surface area contributed by atoms with Gasteiger partial charge in [-0.2, -0.15) is 5.10 Å². The van der Waals surface area contributed by atoms with Crippen molar-refractivity contribution in [2.24, 2.45) is 5.10 Å². The molecule has 0 aliphatic carbocycles. The molecule has 5 heteroatoms. The first-order valence-electron chi connectivity index (χ1n) is 7.71. The number of fused-ring (bicyclic) bond motifs is 3. The minimum absolute atomic E-state index is 0.323. The number of benzene rings is 2. The molecule has 23 heavy (non-hydrogen) atoms. The number of hydrazone groups is 1. The van der Waals surface area contributed by atoms with E-state index in [1.807, 2.05) is 12.1 Å². The van der Waals surface area contributed by atoms with E-state index in [2.05, 4.69) is 52.3 Å². The summed E-state index contributed by atoms with van der Waals surface area (Å²) in [5, 5.41) is 6.32. The molecule has 5 nitrogen and oxygen atoms in total. The number of ether oxygens (including phenoxy) is 1. The number of para-hydroxylation sites is 1. The van der Waals surface area contributed by atoms with E-state index in [0.717, 1.165) is 12.1 Å². The Morgan fingerprint density at radius 3 is 2.74 bits per heavy atom. The molecule has 3 aromatic rings. The zero-order valence-corrected chi connectivity index (χ0v) is 13.2. The smallest absolute Gasteiger partial charge is 0.427 e. The molecule has 1 N–H and O–H groups in total. The number of aryl methyl sites for hydroxylation is 1. The Morgan fingerprint density at radius 2 is 1.96 bits per heavy atom. The first-order chi connectivity index (χ1) is 11.2. The fraction of sp³-hybridized carbons (Fsp3) is 0.222. The number of aromatic nitrogens is 1. The lowest BCUT2D eigenvalue weighted by molar-refractivity contribution is 0.152. The van der Waals surface area contributed by atoms with E-state index < -0.39 is 6.09 Å². The van der Waals surface area contributed by atoms with Gasteiger partial charge in [0.15, 0.2) is 0 Å². The Morgan fingerprint density at radius 1 is 1.17 bits per heavy atom. The lowest BCUT2D eigenvalue weighted by Gasteiger charge is -2.02. The number of amides is 1. The molecule has 0 radical (unpaired) electrons. The molecule has 1 aromatic heterocycles. The average Bonchev–Trinajstić information content (AvgIpc) is 2.88. The van der Waals surface area contributed by atoms with Crippen LogP contribution in [0.2, 0.25) is 0 Å². The molecule has 0 unspecified atom stereocenters. The van der Waals surface area contributed by atoms with Crippen molar-refractivity contribution in [3.63, 3.8) is 0 Å². The summed E-state index contributed by atoms with van der Waals surface area (Å²) < 4.78 is 7.05. The number of hydrogen-bond donors (Lipinski definition) is 1. The molecule has 118 valence electrons. The fourth-order valence-electron chi connectivity index (χ4n) is 2.82. The summed E-state index contributed by atoms with van der Waals surface area (Å²) in [7, 11) is 0. The molecular weight excluding hydrogens is 290 g/mol. The van der Waals surface area contributed by atoms with Crippen LogP contribution in [0.5, 0.6) is 0 Å². The van der Waals surface area contributed by atoms with Crippen molar-refractivity contribution in [1.82, 2.24) is 9.99 Å². The fourth-order valence-corrected chi connectivity index (χ4v) is 2.82. The van der Waals surface area contributed by atoms with Crippen molar-refractivity contribution in [2.75, 3.05) is 6.61 Å². The highest BCUT2D eigenvalue weighted by Gasteiger charge is 2.09. The highest BCUT2D eigenvalue weighted by Crippen LogP contribution is 2.29. The van der Waals surface area contributed by atoms with Crippen LogP contribution in [0.1, 0.15) is 19.4 Å². The van der Waals surface area contributed by atoms with Crippen LogP contribution in [0.4, 0.5) is 4.79 Å². The number of carbonyl (C=O) groups is 1. The Labute approximate surface area is 134 Å². The summed E-state index contributed by atoms with van der Waals surface area (Å²) in [5.41, 5.74) is 5.69. The van der Waals surface area contributed by atoms with Crippen LogP contribution in [0.25, 0.3) is 21.8 Å². The largest absolute Gasteiger partial charge is 0.449 e. The third-order valence-corrected chi connectivity index (χ3v) is 3.76. The molecule has 0 saturated carbocycles. The maximum Gasteiger partial charge on any atom is 0.427 e. The van der Waals surface area contributed by atoms with Crippen molar-refractivity contribution in [3.05, 3.63) is 48.0 Å². The molecule has 0 saturated heterocycles. The predicted octanol–water partition coefficient (Wildman–Crippen LogP) is 3.89. The summed E-state index contributed by atoms with van der Waals surface area (Å²) in [6.45, 7) is 5.14. The SMILES string of the molecule is CCOC(=O)NN=Cc1ccc2c(c1)c1ccccc1n2CC. The number of nitrogens with one attached hydrogen (secondary N) is 1. The van der Waals surface area contributed by atoms with Crippen molar-refractivity contribution in [3.8, 4) is 0 Å². The topological polar surface area (TPSA) is 55.6 Å². The summed E-state index contributed by atoms with van der Waals surface area (Å²) in [6.07, 6.45) is 1.07. The normalized spacial score (nSPS) is 11.4. The molecule has 0 spiro atoms. The van der Waals surface area contributed by atoms with E-state index in [1.165, 1.54) is 21.8 Å². The van der Waals surface area contributed by atoms with Gasteiger partial charge in [-0.3, -0.25) is 0 Å². The van der Waals surface area contributed by atoms with Crippen LogP contribution >= 0.6 is 0 Å². The molecule has 0 aliphatic rings. The maximum absolute atomic E-state index is 11.2. The number of rotatable bonds is 4. The zero-order chi connectivity index (χ0) is 16.2. The van der Waals surface area contributed by atoms with Crippen molar-refractivity contribution in [2.45, 2.75) is 20.4 Å². The number of carbonyl (C=O) groups excluding carboxylic acids is 1. The molecule has 1 heterocycles. The molecule has 1 amide bonds. The molecule has 3 rings (SSSR count). The second-order valence-electron chi connectivity index (χ2n) is 5.13. The Hall–Kier alpha value is -2.82. The molecule has 0 atom stereocenters. The molecule has 0 aliphatic heterocycles. The van der Waals surface area contributed by atoms with Gasteiger partial charge in [0.1, 0.15) is 0 Å². The summed E-state index contributed by atoms with van der Waals surface area (Å²) >= 11 is 0. The van der Waals surface area contributed by atoms with E-state index in [9.17, 15) is 4.79 Å². The number of nitrogens with zero attached hydrogens (tertiary/aromatic N) is 2. The van der Waals surface area contributed by atoms with Crippen molar-refractivity contribution in [1.29, 1.82) is 0 Å². The highest BCUT2D eigenvalue weighted by molar-refractivity contribution is 6.09. The van der Waals surface area contributed by atoms with Gasteiger partial charge in [-0.05, 0) is 37.6 Å². The van der Waals surface area contributed by atoms with Crippen molar-refractivity contribution < 1.29 is 9.53 Å². The van der Waals surface area contributed by atoms with Crippen LogP contribution in [-0.4, -0.2) is 23.5 Å². The van der Waals surface area contributed by atoms with E-state index in [-0.39, 0.29) is 0 Å². The van der Waals surface area contributed by atoms with Gasteiger partial charge in [0.05, 0.1) is 12.8 Å². The van der Waals surface area contributed by atoms with Crippen LogP contribution in [0, 0.1) is 0 Å². The summed E-state index contributed by atoms with van der Waals surface area (Å²) in [6, 6.07) is 14.5. The maximum atomic E-state index is 11.2. The van der Waals surface area contributed by atoms with Crippen LogP contribution in [0.15, 0.2) is 47.6 Å². The van der Waals surface area contributed by atoms with Gasteiger partial charge in [0.25, 0.3) is 0 Å². The Balaban J connectivity index is 1.97. The zero-order valence-electron chi connectivity index (χ0n) is 13.2. The lowest BCUT2D eigenvalue weighted by atomic mass is 10.1. The van der Waals surface area contributed by atoms with Gasteiger partial charge in [0, 0.05) is 28.4 Å². The highest BCUT2D eigenvalue weighted by atomic mass is 16.5. The van der Waals surface area contributed by atoms with E-state index in [0.29, 0.717) is 6.61 Å². The molecule has 0 fully saturated rings. The van der Waals surface area contributed by atoms with E-state index in [1.54, 1.807) is 13.1 Å². The lowest BCUT2D eigenvalue weighted by Crippen LogP contribution is -2.18. The van der Waals surface area contributed by atoms with E-state index in [4.69, 9.17) is 4.74 Å². The summed E-state index contributed by atoms with van der Waals surface area (Å²) in [4.78, 5) is 11.2. The standard InChI is InChI=1S/C18H19N3O2/c1-3-21-16-8-6-5-7-14(16)15-11-13(9-10-17(15)21)12-19-20-18(22)23-4-2/h5-12H,3-4H2,1-2H3,(H,20,22). The predicted molar refractivity (Wildman–Crippen MR) is 92.9 cm³/mol. The van der Waals surface area contributed by atoms with Crippen LogP contribution in [0.3, 0.4) is 0 Å². The number of hydrogen-bond acceptors (Lipinski definition) is 3.